The summed E-state index contributed by atoms with van der Waals surface area (Å²) in [6.45, 7) is 0. The molecule has 0 radical (unpaired) electrons. The molecule has 5 rings (SSSR count). The molecule has 2 aliphatic rings. The van der Waals surface area contributed by atoms with Crippen molar-refractivity contribution in [1.29, 1.82) is 0 Å². The smallest absolute Gasteiger partial charge is 0.347 e. The van der Waals surface area contributed by atoms with Crippen molar-refractivity contribution >= 4 is 36.0 Å². The molecule has 31 heavy (non-hydrogen) atoms. The molecule has 0 aromatic heterocycles. The Labute approximate surface area is 175 Å². The van der Waals surface area contributed by atoms with Crippen LogP contribution in [0, 0.1) is 0 Å². The highest BCUT2D eigenvalue weighted by molar-refractivity contribution is 6.15. The van der Waals surface area contributed by atoms with Gasteiger partial charge < -0.3 is 14.2 Å². The van der Waals surface area contributed by atoms with Crippen LogP contribution >= 0.6 is 0 Å². The number of benzene rings is 3. The zero-order valence-electron chi connectivity index (χ0n) is 15.8. The number of carbonyl (C=O) groups excluding carboxylic acids is 4. The largest absolute Gasteiger partial charge is 0.457 e. The Morgan fingerprint density at radius 2 is 1.00 bits per heavy atom. The zero-order chi connectivity index (χ0) is 21.5. The minimum atomic E-state index is -0.685. The van der Waals surface area contributed by atoms with Crippen molar-refractivity contribution in [3.8, 4) is 11.5 Å². The second-order valence-electron chi connectivity index (χ2n) is 6.87. The molecule has 3 aromatic rings. The van der Waals surface area contributed by atoms with E-state index in [1.807, 2.05) is 24.3 Å². The molecule has 0 fully saturated rings. The molecule has 0 spiro atoms. The predicted octanol–water partition coefficient (Wildman–Crippen LogP) is 4.27. The van der Waals surface area contributed by atoms with Gasteiger partial charge in [-0.25, -0.2) is 19.2 Å². The van der Waals surface area contributed by atoms with Crippen molar-refractivity contribution in [2.45, 2.75) is 0 Å². The van der Waals surface area contributed by atoms with E-state index in [4.69, 9.17) is 4.74 Å². The van der Waals surface area contributed by atoms with E-state index in [9.17, 15) is 19.2 Å². The van der Waals surface area contributed by atoms with E-state index in [1.54, 1.807) is 36.4 Å². The Morgan fingerprint density at radius 1 is 0.516 bits per heavy atom. The van der Waals surface area contributed by atoms with Crippen LogP contribution in [0.3, 0.4) is 0 Å². The van der Waals surface area contributed by atoms with Crippen LogP contribution in [-0.4, -0.2) is 23.9 Å². The molecule has 0 aliphatic carbocycles. The van der Waals surface area contributed by atoms with E-state index < -0.39 is 23.9 Å². The van der Waals surface area contributed by atoms with E-state index in [1.165, 1.54) is 12.1 Å². The number of hydrogen-bond donors (Lipinski definition) is 0. The summed E-state index contributed by atoms with van der Waals surface area (Å²) in [5.74, 6) is -1.65. The molecule has 150 valence electrons. The van der Waals surface area contributed by atoms with Gasteiger partial charge in [0.1, 0.15) is 11.5 Å². The average molecular weight is 412 g/mol. The second kappa shape index (κ2) is 7.07. The van der Waals surface area contributed by atoms with Gasteiger partial charge in [-0.05, 0) is 53.6 Å². The first kappa shape index (κ1) is 18.5. The molecular weight excluding hydrogens is 400 g/mol. The van der Waals surface area contributed by atoms with Crippen molar-refractivity contribution in [2.24, 2.45) is 0 Å². The standard InChI is InChI=1S/C24H12O7/c25-21-17-9-5-14(11-19(17)23(27)30-21)2-1-13-3-6-15(7-4-13)29-16-8-10-18-20(12-16)24(28)31-22(18)26/h1-12H/b2-1-. The molecule has 2 heterocycles. The van der Waals surface area contributed by atoms with Crippen molar-refractivity contribution in [2.75, 3.05) is 0 Å². The van der Waals surface area contributed by atoms with E-state index in [2.05, 4.69) is 9.47 Å². The van der Waals surface area contributed by atoms with Crippen molar-refractivity contribution in [1.82, 2.24) is 0 Å². The van der Waals surface area contributed by atoms with E-state index in [0.29, 0.717) is 11.5 Å². The van der Waals surface area contributed by atoms with Gasteiger partial charge in [-0.2, -0.15) is 0 Å². The van der Waals surface area contributed by atoms with Gasteiger partial charge in [-0.15, -0.1) is 0 Å². The molecule has 3 aromatic carbocycles. The Balaban J connectivity index is 1.30. The van der Waals surface area contributed by atoms with Gasteiger partial charge in [-0.3, -0.25) is 0 Å². The molecule has 2 aliphatic heterocycles. The first-order valence-corrected chi connectivity index (χ1v) is 9.25. The van der Waals surface area contributed by atoms with Gasteiger partial charge in [0.2, 0.25) is 0 Å². The quantitative estimate of drug-likeness (QED) is 0.359. The number of esters is 4. The zero-order valence-corrected chi connectivity index (χ0v) is 15.8. The minimum Gasteiger partial charge on any atom is -0.457 e. The van der Waals surface area contributed by atoms with Crippen LogP contribution in [0.1, 0.15) is 52.6 Å². The normalized spacial score (nSPS) is 14.5. The van der Waals surface area contributed by atoms with E-state index in [-0.39, 0.29) is 22.3 Å². The summed E-state index contributed by atoms with van der Waals surface area (Å²) in [7, 11) is 0. The highest BCUT2D eigenvalue weighted by Crippen LogP contribution is 2.28. The third kappa shape index (κ3) is 3.38. The van der Waals surface area contributed by atoms with Gasteiger partial charge >= 0.3 is 23.9 Å². The fourth-order valence-corrected chi connectivity index (χ4v) is 3.31. The third-order valence-electron chi connectivity index (χ3n) is 4.87. The van der Waals surface area contributed by atoms with Crippen LogP contribution in [-0.2, 0) is 9.47 Å². The van der Waals surface area contributed by atoms with Crippen LogP contribution < -0.4 is 4.74 Å². The van der Waals surface area contributed by atoms with Gasteiger partial charge in [0.15, 0.2) is 0 Å². The summed E-state index contributed by atoms with van der Waals surface area (Å²) in [5.41, 5.74) is 2.58. The van der Waals surface area contributed by atoms with Gasteiger partial charge in [-0.1, -0.05) is 30.4 Å². The number of hydrogen-bond acceptors (Lipinski definition) is 7. The number of carbonyl (C=O) groups is 4. The molecule has 7 nitrogen and oxygen atoms in total. The van der Waals surface area contributed by atoms with Crippen LogP contribution in [0.2, 0.25) is 0 Å². The highest BCUT2D eigenvalue weighted by atomic mass is 16.6. The maximum atomic E-state index is 11.7. The first-order chi connectivity index (χ1) is 15.0. The maximum Gasteiger partial charge on any atom is 0.347 e. The minimum absolute atomic E-state index is 0.182. The monoisotopic (exact) mass is 412 g/mol. The lowest BCUT2D eigenvalue weighted by atomic mass is 10.0. The number of cyclic esters (lactones) is 4. The maximum absolute atomic E-state index is 11.7. The van der Waals surface area contributed by atoms with Crippen LogP contribution in [0.15, 0.2) is 60.7 Å². The summed E-state index contributed by atoms with van der Waals surface area (Å²) in [5, 5.41) is 0. The van der Waals surface area contributed by atoms with Crippen LogP contribution in [0.4, 0.5) is 0 Å². The number of fused-ring (bicyclic) bond motifs is 2. The van der Waals surface area contributed by atoms with Crippen molar-refractivity contribution in [3.05, 3.63) is 94.0 Å². The summed E-state index contributed by atoms with van der Waals surface area (Å²) in [4.78, 5) is 46.3. The molecule has 0 saturated carbocycles. The number of ether oxygens (including phenoxy) is 3. The van der Waals surface area contributed by atoms with Crippen molar-refractivity contribution in [3.63, 3.8) is 0 Å². The average Bonchev–Trinajstić information content (AvgIpc) is 3.21. The topological polar surface area (TPSA) is 96.0 Å². The van der Waals surface area contributed by atoms with Crippen molar-refractivity contribution < 1.29 is 33.4 Å². The van der Waals surface area contributed by atoms with E-state index >= 15 is 0 Å². The molecule has 0 amide bonds. The lowest BCUT2D eigenvalue weighted by Crippen LogP contribution is -1.96. The lowest BCUT2D eigenvalue weighted by Gasteiger charge is -2.06. The highest BCUT2D eigenvalue weighted by Gasteiger charge is 2.30. The second-order valence-corrected chi connectivity index (χ2v) is 6.87. The first-order valence-electron chi connectivity index (χ1n) is 9.25. The fraction of sp³-hybridized carbons (Fsp3) is 0. The molecule has 7 heteroatoms. The Kier molecular flexibility index (Phi) is 4.22. The molecule has 0 N–H and O–H groups in total. The lowest BCUT2D eigenvalue weighted by molar-refractivity contribution is 0.0425. The summed E-state index contributed by atoms with van der Waals surface area (Å²) < 4.78 is 14.9. The van der Waals surface area contributed by atoms with Gasteiger partial charge in [0.05, 0.1) is 22.3 Å². The summed E-state index contributed by atoms with van der Waals surface area (Å²) in [6.07, 6.45) is 3.67. The predicted molar refractivity (Wildman–Crippen MR) is 108 cm³/mol. The van der Waals surface area contributed by atoms with Crippen LogP contribution in [0.5, 0.6) is 11.5 Å². The molecule has 0 bridgehead atoms. The SMILES string of the molecule is O=C1OC(=O)c2cc(/C=C\c3ccc(Oc4ccc5c(c4)C(=O)OC5=O)cc3)ccc21. The Morgan fingerprint density at radius 3 is 1.68 bits per heavy atom. The third-order valence-corrected chi connectivity index (χ3v) is 4.87. The van der Waals surface area contributed by atoms with Crippen LogP contribution in [0.25, 0.3) is 12.2 Å². The molecular formula is C24H12O7. The van der Waals surface area contributed by atoms with Gasteiger partial charge in [0.25, 0.3) is 0 Å². The van der Waals surface area contributed by atoms with E-state index in [0.717, 1.165) is 11.1 Å². The molecule has 0 unspecified atom stereocenters. The molecule has 0 atom stereocenters. The van der Waals surface area contributed by atoms with Gasteiger partial charge in [0, 0.05) is 0 Å². The summed E-state index contributed by atoms with van der Waals surface area (Å²) in [6, 6.07) is 16.7. The Bertz CT molecular complexity index is 1320. The summed E-state index contributed by atoms with van der Waals surface area (Å²) >= 11 is 0. The fourth-order valence-electron chi connectivity index (χ4n) is 3.31. The Hall–Kier alpha value is -4.52. The molecule has 0 saturated heterocycles. The number of rotatable bonds is 4.